The number of amides is 3. The Hall–Kier alpha value is -2.91. The van der Waals surface area contributed by atoms with Crippen molar-refractivity contribution >= 4 is 34.7 Å². The summed E-state index contributed by atoms with van der Waals surface area (Å²) in [5, 5.41) is 4.68. The molecule has 9 heteroatoms. The van der Waals surface area contributed by atoms with Gasteiger partial charge in [0, 0.05) is 32.4 Å². The van der Waals surface area contributed by atoms with Gasteiger partial charge in [-0.05, 0) is 36.4 Å². The largest absolute Gasteiger partial charge is 0.383 e. The van der Waals surface area contributed by atoms with Crippen molar-refractivity contribution in [2.45, 2.75) is 18.4 Å². The summed E-state index contributed by atoms with van der Waals surface area (Å²) < 4.78 is 4.97. The number of hydrogen-bond donors (Lipinski definition) is 1. The predicted octanol–water partition coefficient (Wildman–Crippen LogP) is 1.79. The number of nitrogens with zero attached hydrogens (tertiary/aromatic N) is 3. The third kappa shape index (κ3) is 4.35. The molecule has 0 atom stereocenters. The number of carbonyl (C=O) groups is 3. The molecule has 1 aromatic carbocycles. The van der Waals surface area contributed by atoms with Crippen LogP contribution in [0.5, 0.6) is 0 Å². The van der Waals surface area contributed by atoms with E-state index in [1.807, 2.05) is 52.7 Å². The van der Waals surface area contributed by atoms with E-state index in [2.05, 4.69) is 10.2 Å². The van der Waals surface area contributed by atoms with Crippen LogP contribution in [0.25, 0.3) is 0 Å². The lowest BCUT2D eigenvalue weighted by atomic mass is 9.85. The Bertz CT molecular complexity index is 942. The molecule has 1 spiro atoms. The van der Waals surface area contributed by atoms with E-state index in [9.17, 15) is 14.4 Å². The molecule has 2 fully saturated rings. The second-order valence-corrected chi connectivity index (χ2v) is 9.00. The highest BCUT2D eigenvalue weighted by atomic mass is 32.1. The average molecular weight is 457 g/mol. The summed E-state index contributed by atoms with van der Waals surface area (Å²) >= 11 is 1.43. The molecule has 0 aliphatic carbocycles. The van der Waals surface area contributed by atoms with Crippen LogP contribution < -0.4 is 10.2 Å². The van der Waals surface area contributed by atoms with E-state index in [-0.39, 0.29) is 24.3 Å². The molecule has 2 saturated heterocycles. The first-order chi connectivity index (χ1) is 15.5. The Balaban J connectivity index is 1.51. The van der Waals surface area contributed by atoms with Crippen LogP contribution in [0.4, 0.5) is 5.69 Å². The monoisotopic (exact) mass is 456 g/mol. The van der Waals surface area contributed by atoms with Gasteiger partial charge >= 0.3 is 0 Å². The van der Waals surface area contributed by atoms with E-state index in [0.717, 1.165) is 5.69 Å². The number of rotatable bonds is 7. The number of thiophene rings is 1. The van der Waals surface area contributed by atoms with Gasteiger partial charge in [-0.15, -0.1) is 11.3 Å². The molecule has 0 unspecified atom stereocenters. The highest BCUT2D eigenvalue weighted by Gasteiger charge is 2.54. The van der Waals surface area contributed by atoms with Gasteiger partial charge in [0.05, 0.1) is 18.2 Å². The fourth-order valence-corrected chi connectivity index (χ4v) is 5.17. The zero-order valence-electron chi connectivity index (χ0n) is 18.2. The van der Waals surface area contributed by atoms with Crippen LogP contribution >= 0.6 is 11.3 Å². The van der Waals surface area contributed by atoms with Gasteiger partial charge in [-0.2, -0.15) is 0 Å². The molecular weight excluding hydrogens is 428 g/mol. The standard InChI is InChI=1S/C23H28N4O4S/c1-31-14-11-24-20(28)16-26-17-27(18-6-3-2-4-7-18)23(22(26)30)9-12-25(13-10-23)21(29)19-8-5-15-32-19/h2-8,15H,9-14,16-17H2,1H3,(H,24,28). The zero-order valence-corrected chi connectivity index (χ0v) is 19.0. The summed E-state index contributed by atoms with van der Waals surface area (Å²) in [4.78, 5) is 45.0. The molecule has 8 nitrogen and oxygen atoms in total. The third-order valence-corrected chi connectivity index (χ3v) is 7.01. The van der Waals surface area contributed by atoms with Crippen molar-refractivity contribution in [2.24, 2.45) is 0 Å². The van der Waals surface area contributed by atoms with E-state index < -0.39 is 5.54 Å². The normalized spacial score (nSPS) is 17.8. The van der Waals surface area contributed by atoms with Crippen molar-refractivity contribution in [3.8, 4) is 0 Å². The second kappa shape index (κ2) is 9.70. The van der Waals surface area contributed by atoms with Gasteiger partial charge in [-0.25, -0.2) is 0 Å². The van der Waals surface area contributed by atoms with Crippen LogP contribution in [0, 0.1) is 0 Å². The molecule has 0 bridgehead atoms. The zero-order chi connectivity index (χ0) is 22.6. The van der Waals surface area contributed by atoms with Crippen molar-refractivity contribution < 1.29 is 19.1 Å². The number of ether oxygens (including phenoxy) is 1. The lowest BCUT2D eigenvalue weighted by Crippen LogP contribution is -2.57. The minimum atomic E-state index is -0.750. The Labute approximate surface area is 191 Å². The Kier molecular flexibility index (Phi) is 6.76. The molecule has 1 aromatic heterocycles. The predicted molar refractivity (Wildman–Crippen MR) is 123 cm³/mol. The number of piperidine rings is 1. The topological polar surface area (TPSA) is 82.2 Å². The maximum atomic E-state index is 13.6. The summed E-state index contributed by atoms with van der Waals surface area (Å²) in [6, 6.07) is 13.5. The maximum Gasteiger partial charge on any atom is 0.263 e. The first-order valence-corrected chi connectivity index (χ1v) is 11.6. The highest BCUT2D eigenvalue weighted by molar-refractivity contribution is 7.12. The van der Waals surface area contributed by atoms with Crippen molar-refractivity contribution in [2.75, 3.05) is 51.5 Å². The Morgan fingerprint density at radius 3 is 2.53 bits per heavy atom. The van der Waals surface area contributed by atoms with Crippen molar-refractivity contribution in [3.63, 3.8) is 0 Å². The van der Waals surface area contributed by atoms with Crippen LogP contribution in [-0.2, 0) is 14.3 Å². The van der Waals surface area contributed by atoms with E-state index in [1.165, 1.54) is 11.3 Å². The molecule has 2 aliphatic heterocycles. The first-order valence-electron chi connectivity index (χ1n) is 10.8. The van der Waals surface area contributed by atoms with Crippen molar-refractivity contribution in [3.05, 3.63) is 52.7 Å². The molecular formula is C23H28N4O4S. The molecule has 2 aromatic rings. The van der Waals surface area contributed by atoms with Gasteiger partial charge in [0.15, 0.2) is 0 Å². The fourth-order valence-electron chi connectivity index (χ4n) is 4.48. The summed E-state index contributed by atoms with van der Waals surface area (Å²) in [5.41, 5.74) is 0.196. The van der Waals surface area contributed by atoms with Crippen LogP contribution in [-0.4, -0.2) is 79.6 Å². The van der Waals surface area contributed by atoms with E-state index in [1.54, 1.807) is 12.0 Å². The lowest BCUT2D eigenvalue weighted by Gasteiger charge is -2.43. The number of anilines is 1. The number of benzene rings is 1. The van der Waals surface area contributed by atoms with Gasteiger partial charge in [0.1, 0.15) is 12.1 Å². The molecule has 3 amide bonds. The smallest absolute Gasteiger partial charge is 0.263 e. The molecule has 4 rings (SSSR count). The molecule has 0 radical (unpaired) electrons. The Morgan fingerprint density at radius 2 is 1.88 bits per heavy atom. The fraction of sp³-hybridized carbons (Fsp3) is 0.435. The number of nitrogens with one attached hydrogen (secondary N) is 1. The molecule has 0 saturated carbocycles. The summed E-state index contributed by atoms with van der Waals surface area (Å²) in [6.07, 6.45) is 1.05. The van der Waals surface area contributed by atoms with Crippen molar-refractivity contribution in [1.29, 1.82) is 0 Å². The molecule has 2 aliphatic rings. The highest BCUT2D eigenvalue weighted by Crippen LogP contribution is 2.39. The number of methoxy groups -OCH3 is 1. The van der Waals surface area contributed by atoms with Gasteiger partial charge in [-0.1, -0.05) is 24.3 Å². The van der Waals surface area contributed by atoms with Crippen LogP contribution in [0.2, 0.25) is 0 Å². The van der Waals surface area contributed by atoms with Crippen LogP contribution in [0.3, 0.4) is 0 Å². The minimum absolute atomic E-state index is 0.00543. The molecule has 1 N–H and O–H groups in total. The number of likely N-dealkylation sites (tertiary alicyclic amines) is 1. The van der Waals surface area contributed by atoms with E-state index >= 15 is 0 Å². The Morgan fingerprint density at radius 1 is 1.12 bits per heavy atom. The van der Waals surface area contributed by atoms with Gasteiger partial charge in [0.25, 0.3) is 11.8 Å². The summed E-state index contributed by atoms with van der Waals surface area (Å²) in [7, 11) is 1.58. The number of carbonyl (C=O) groups excluding carboxylic acids is 3. The number of para-hydroxylation sites is 1. The molecule has 32 heavy (non-hydrogen) atoms. The van der Waals surface area contributed by atoms with Crippen LogP contribution in [0.15, 0.2) is 47.8 Å². The van der Waals surface area contributed by atoms with Gasteiger partial charge in [-0.3, -0.25) is 14.4 Å². The molecule has 3 heterocycles. The van der Waals surface area contributed by atoms with Crippen molar-refractivity contribution in [1.82, 2.24) is 15.1 Å². The van der Waals surface area contributed by atoms with Gasteiger partial charge in [0.2, 0.25) is 5.91 Å². The summed E-state index contributed by atoms with van der Waals surface area (Å²) in [5.74, 6) is -0.238. The third-order valence-electron chi connectivity index (χ3n) is 6.15. The van der Waals surface area contributed by atoms with E-state index in [4.69, 9.17) is 4.74 Å². The first kappa shape index (κ1) is 22.3. The lowest BCUT2D eigenvalue weighted by molar-refractivity contribution is -0.137. The second-order valence-electron chi connectivity index (χ2n) is 8.05. The quantitative estimate of drug-likeness (QED) is 0.643. The minimum Gasteiger partial charge on any atom is -0.383 e. The van der Waals surface area contributed by atoms with E-state index in [0.29, 0.717) is 50.6 Å². The number of hydrogen-bond acceptors (Lipinski definition) is 6. The van der Waals surface area contributed by atoms with Crippen LogP contribution in [0.1, 0.15) is 22.5 Å². The molecule has 170 valence electrons. The summed E-state index contributed by atoms with van der Waals surface area (Å²) in [6.45, 7) is 2.18. The SMILES string of the molecule is COCCNC(=O)CN1CN(c2ccccc2)C2(CCN(C(=O)c3cccs3)CC2)C1=O. The average Bonchev–Trinajstić information content (AvgIpc) is 3.44. The van der Waals surface area contributed by atoms with Gasteiger partial charge < -0.3 is 24.8 Å². The maximum absolute atomic E-state index is 13.6.